The van der Waals surface area contributed by atoms with Crippen molar-refractivity contribution < 1.29 is 19.0 Å². The van der Waals surface area contributed by atoms with Gasteiger partial charge in [0, 0.05) is 13.1 Å². The van der Waals surface area contributed by atoms with Crippen molar-refractivity contribution in [3.8, 4) is 23.8 Å². The topological polar surface area (TPSA) is 72.4 Å². The molecule has 1 aromatic carbocycles. The van der Waals surface area contributed by atoms with Gasteiger partial charge in [-0.2, -0.15) is 5.10 Å². The number of hydrogen-bond acceptors (Lipinski definition) is 6. The Morgan fingerprint density at radius 2 is 2.28 bits per heavy atom. The molecule has 1 aromatic rings. The number of benzene rings is 1. The van der Waals surface area contributed by atoms with E-state index in [0.29, 0.717) is 31.3 Å². The van der Waals surface area contributed by atoms with Gasteiger partial charge >= 0.3 is 0 Å². The lowest BCUT2D eigenvalue weighted by Gasteiger charge is -2.25. The molecule has 1 aliphatic heterocycles. The minimum atomic E-state index is -0.159. The second-order valence-corrected chi connectivity index (χ2v) is 6.37. The number of hydrogen-bond donors (Lipinski definition) is 1. The summed E-state index contributed by atoms with van der Waals surface area (Å²) in [5.74, 6) is 3.41. The summed E-state index contributed by atoms with van der Waals surface area (Å²) >= 11 is 2.14. The van der Waals surface area contributed by atoms with Crippen LogP contribution < -0.4 is 14.9 Å². The van der Waals surface area contributed by atoms with Gasteiger partial charge in [0.25, 0.3) is 5.91 Å². The summed E-state index contributed by atoms with van der Waals surface area (Å²) in [6.07, 6.45) is 6.78. The van der Waals surface area contributed by atoms with Crippen LogP contribution in [-0.4, -0.2) is 63.6 Å². The standard InChI is InChI=1S/C17H20IN3O4/c1-3-6-25-17-14(18)9-13(10-15(17)23-2)11-19-20-16(22)12-21-4-7-24-8-5-21/h1,9-11H,4-8,12H2,2H3,(H,20,22)/b19-11+. The van der Waals surface area contributed by atoms with E-state index in [1.165, 1.54) is 0 Å². The van der Waals surface area contributed by atoms with E-state index in [4.69, 9.17) is 20.6 Å². The van der Waals surface area contributed by atoms with Gasteiger partial charge < -0.3 is 14.2 Å². The number of nitrogens with one attached hydrogen (secondary N) is 1. The Hall–Kier alpha value is -1.83. The van der Waals surface area contributed by atoms with Crippen molar-refractivity contribution in [1.29, 1.82) is 0 Å². The molecule has 2 rings (SSSR count). The van der Waals surface area contributed by atoms with Crippen LogP contribution in [-0.2, 0) is 9.53 Å². The van der Waals surface area contributed by atoms with Crippen LogP contribution >= 0.6 is 22.6 Å². The van der Waals surface area contributed by atoms with Crippen molar-refractivity contribution in [3.05, 3.63) is 21.3 Å². The Morgan fingerprint density at radius 1 is 1.52 bits per heavy atom. The minimum absolute atomic E-state index is 0.159. The molecule has 0 bridgehead atoms. The molecule has 25 heavy (non-hydrogen) atoms. The molecule has 7 nitrogen and oxygen atoms in total. The Bertz CT molecular complexity index is 667. The van der Waals surface area contributed by atoms with Crippen LogP contribution in [0.5, 0.6) is 11.5 Å². The number of carbonyl (C=O) groups is 1. The van der Waals surface area contributed by atoms with Gasteiger partial charge in [-0.1, -0.05) is 5.92 Å². The molecule has 1 heterocycles. The predicted molar refractivity (Wildman–Crippen MR) is 103 cm³/mol. The molecular formula is C17H20IN3O4. The number of rotatable bonds is 7. The van der Waals surface area contributed by atoms with E-state index in [9.17, 15) is 4.79 Å². The summed E-state index contributed by atoms with van der Waals surface area (Å²) < 4.78 is 16.9. The third-order valence-corrected chi connectivity index (χ3v) is 4.23. The number of terminal acetylenes is 1. The average Bonchev–Trinajstić information content (AvgIpc) is 2.61. The first-order valence-electron chi connectivity index (χ1n) is 7.70. The fourth-order valence-corrected chi connectivity index (χ4v) is 3.03. The number of ether oxygens (including phenoxy) is 3. The highest BCUT2D eigenvalue weighted by molar-refractivity contribution is 14.1. The summed E-state index contributed by atoms with van der Waals surface area (Å²) in [4.78, 5) is 13.9. The molecule has 0 aliphatic carbocycles. The maximum Gasteiger partial charge on any atom is 0.254 e. The number of morpholine rings is 1. The molecule has 0 spiro atoms. The Morgan fingerprint density at radius 3 is 2.96 bits per heavy atom. The largest absolute Gasteiger partial charge is 0.493 e. The highest BCUT2D eigenvalue weighted by atomic mass is 127. The van der Waals surface area contributed by atoms with Crippen LogP contribution in [0, 0.1) is 15.9 Å². The van der Waals surface area contributed by atoms with Crippen molar-refractivity contribution in [1.82, 2.24) is 10.3 Å². The smallest absolute Gasteiger partial charge is 0.254 e. The first-order chi connectivity index (χ1) is 12.1. The van der Waals surface area contributed by atoms with Gasteiger partial charge in [0.1, 0.15) is 6.61 Å². The van der Waals surface area contributed by atoms with Crippen molar-refractivity contribution in [3.63, 3.8) is 0 Å². The Balaban J connectivity index is 1.94. The quantitative estimate of drug-likeness (QED) is 0.288. The molecule has 0 aromatic heterocycles. The number of amides is 1. The van der Waals surface area contributed by atoms with E-state index in [2.05, 4.69) is 39.0 Å². The highest BCUT2D eigenvalue weighted by Crippen LogP contribution is 2.33. The summed E-state index contributed by atoms with van der Waals surface area (Å²) in [5, 5.41) is 4.00. The molecule has 1 fully saturated rings. The molecule has 1 saturated heterocycles. The fraction of sp³-hybridized carbons (Fsp3) is 0.412. The minimum Gasteiger partial charge on any atom is -0.493 e. The van der Waals surface area contributed by atoms with E-state index in [0.717, 1.165) is 22.2 Å². The maximum absolute atomic E-state index is 11.9. The predicted octanol–water partition coefficient (Wildman–Crippen LogP) is 1.09. The molecule has 0 saturated carbocycles. The third kappa shape index (κ3) is 6.19. The van der Waals surface area contributed by atoms with Gasteiger partial charge in [0.15, 0.2) is 11.5 Å². The fourth-order valence-electron chi connectivity index (χ4n) is 2.24. The van der Waals surface area contributed by atoms with Crippen molar-refractivity contribution in [2.24, 2.45) is 5.10 Å². The normalized spacial score (nSPS) is 14.9. The van der Waals surface area contributed by atoms with E-state index in [1.54, 1.807) is 19.4 Å². The second kappa shape index (κ2) is 10.2. The monoisotopic (exact) mass is 457 g/mol. The zero-order chi connectivity index (χ0) is 18.1. The van der Waals surface area contributed by atoms with E-state index < -0.39 is 0 Å². The van der Waals surface area contributed by atoms with E-state index in [1.807, 2.05) is 11.0 Å². The lowest BCUT2D eigenvalue weighted by molar-refractivity contribution is -0.123. The summed E-state index contributed by atoms with van der Waals surface area (Å²) in [6, 6.07) is 3.64. The number of nitrogens with zero attached hydrogens (tertiary/aromatic N) is 2. The summed E-state index contributed by atoms with van der Waals surface area (Å²) in [5.41, 5.74) is 3.31. The zero-order valence-electron chi connectivity index (χ0n) is 14.0. The van der Waals surface area contributed by atoms with Gasteiger partial charge in [-0.05, 0) is 40.3 Å². The molecule has 0 radical (unpaired) electrons. The van der Waals surface area contributed by atoms with E-state index in [-0.39, 0.29) is 12.5 Å². The van der Waals surface area contributed by atoms with Crippen LogP contribution in [0.1, 0.15) is 5.56 Å². The number of halogens is 1. The Labute approximate surface area is 160 Å². The van der Waals surface area contributed by atoms with E-state index >= 15 is 0 Å². The SMILES string of the molecule is C#CCOc1c(I)cc(/C=N/NC(=O)CN2CCOCC2)cc1OC. The molecule has 0 unspecified atom stereocenters. The van der Waals surface area contributed by atoms with Crippen LogP contribution in [0.2, 0.25) is 0 Å². The molecule has 0 atom stereocenters. The van der Waals surface area contributed by atoms with Gasteiger partial charge in [-0.3, -0.25) is 9.69 Å². The number of carbonyl (C=O) groups excluding carboxylic acids is 1. The van der Waals surface area contributed by atoms with Crippen molar-refractivity contribution in [2.75, 3.05) is 46.6 Å². The van der Waals surface area contributed by atoms with Crippen LogP contribution in [0.4, 0.5) is 0 Å². The molecule has 8 heteroatoms. The number of hydrazone groups is 1. The maximum atomic E-state index is 11.9. The highest BCUT2D eigenvalue weighted by Gasteiger charge is 2.14. The van der Waals surface area contributed by atoms with Crippen molar-refractivity contribution in [2.45, 2.75) is 0 Å². The van der Waals surface area contributed by atoms with Crippen LogP contribution in [0.25, 0.3) is 0 Å². The Kier molecular flexibility index (Phi) is 7.97. The van der Waals surface area contributed by atoms with Crippen molar-refractivity contribution >= 4 is 34.7 Å². The number of methoxy groups -OCH3 is 1. The van der Waals surface area contributed by atoms with Gasteiger partial charge in [0.05, 0.1) is 36.7 Å². The molecule has 1 amide bonds. The van der Waals surface area contributed by atoms with Gasteiger partial charge in [0.2, 0.25) is 0 Å². The zero-order valence-corrected chi connectivity index (χ0v) is 16.1. The first-order valence-corrected chi connectivity index (χ1v) is 8.77. The summed E-state index contributed by atoms with van der Waals surface area (Å²) in [6.45, 7) is 3.29. The van der Waals surface area contributed by atoms with Crippen LogP contribution in [0.3, 0.4) is 0 Å². The first kappa shape index (κ1) is 19.5. The molecule has 1 aliphatic rings. The average molecular weight is 457 g/mol. The molecular weight excluding hydrogens is 437 g/mol. The summed E-state index contributed by atoms with van der Waals surface area (Å²) in [7, 11) is 1.55. The molecule has 134 valence electrons. The lowest BCUT2D eigenvalue weighted by atomic mass is 10.2. The third-order valence-electron chi connectivity index (χ3n) is 3.43. The second-order valence-electron chi connectivity index (χ2n) is 5.21. The van der Waals surface area contributed by atoms with Gasteiger partial charge in [-0.15, -0.1) is 6.42 Å². The van der Waals surface area contributed by atoms with Gasteiger partial charge in [-0.25, -0.2) is 5.43 Å². The van der Waals surface area contributed by atoms with Crippen LogP contribution in [0.15, 0.2) is 17.2 Å². The lowest BCUT2D eigenvalue weighted by Crippen LogP contribution is -2.42. The molecule has 1 N–H and O–H groups in total.